The molecule has 4 N–H and O–H groups in total. The van der Waals surface area contributed by atoms with Crippen LogP contribution in [0.4, 0.5) is 15.3 Å². The molecule has 0 radical (unpaired) electrons. The number of benzene rings is 3. The van der Waals surface area contributed by atoms with Crippen LogP contribution in [0.5, 0.6) is 0 Å². The summed E-state index contributed by atoms with van der Waals surface area (Å²) < 4.78 is 0. The van der Waals surface area contributed by atoms with E-state index in [0.717, 1.165) is 36.9 Å². The van der Waals surface area contributed by atoms with Crippen LogP contribution in [0.2, 0.25) is 0 Å². The molecule has 4 bridgehead atoms. The number of nitrogens with zero attached hydrogens (tertiary/aromatic N) is 2. The molecule has 9 rings (SSSR count). The van der Waals surface area contributed by atoms with Gasteiger partial charge in [-0.2, -0.15) is 0 Å². The highest BCUT2D eigenvalue weighted by Crippen LogP contribution is 2.54. The van der Waals surface area contributed by atoms with Crippen LogP contribution in [0.15, 0.2) is 72.8 Å². The van der Waals surface area contributed by atoms with E-state index in [-0.39, 0.29) is 24.1 Å². The SMILES string of the molecule is O=C(NCc1ccc(NC(=O)NC2CCC(CN3[C@@H]4CC[C@H]3c3ccccc34)CC2)cc1)NC1CCC(CN2[C@@H]3CC[C@H]2c2ccccc23)CC1. The number of fused-ring (bicyclic) bond motifs is 10. The van der Waals surface area contributed by atoms with Gasteiger partial charge < -0.3 is 21.3 Å². The van der Waals surface area contributed by atoms with Crippen molar-refractivity contribution in [3.8, 4) is 0 Å². The van der Waals surface area contributed by atoms with Gasteiger partial charge in [0.15, 0.2) is 0 Å². The Kier molecular flexibility index (Phi) is 9.23. The number of anilines is 1. The minimum atomic E-state index is -0.135. The van der Waals surface area contributed by atoms with Crippen LogP contribution in [0, 0.1) is 11.8 Å². The first-order valence-electron chi connectivity index (χ1n) is 20.0. The van der Waals surface area contributed by atoms with Crippen molar-refractivity contribution in [2.45, 2.75) is 120 Å². The first-order valence-corrected chi connectivity index (χ1v) is 20.0. The zero-order valence-corrected chi connectivity index (χ0v) is 29.9. The highest BCUT2D eigenvalue weighted by Gasteiger charge is 2.45. The normalized spacial score (nSPS) is 30.8. The average Bonchev–Trinajstić information content (AvgIpc) is 3.91. The first-order chi connectivity index (χ1) is 25.1. The predicted molar refractivity (Wildman–Crippen MR) is 201 cm³/mol. The molecule has 4 amide bonds. The van der Waals surface area contributed by atoms with Gasteiger partial charge in [0, 0.05) is 61.6 Å². The lowest BCUT2D eigenvalue weighted by molar-refractivity contribution is 0.155. The van der Waals surface area contributed by atoms with Gasteiger partial charge in [0.2, 0.25) is 0 Å². The number of hydrogen-bond acceptors (Lipinski definition) is 4. The van der Waals surface area contributed by atoms with Crippen molar-refractivity contribution in [1.29, 1.82) is 0 Å². The molecular formula is C43H54N6O2. The van der Waals surface area contributed by atoms with Crippen LogP contribution in [0.25, 0.3) is 0 Å². The molecule has 51 heavy (non-hydrogen) atoms. The maximum Gasteiger partial charge on any atom is 0.319 e. The fourth-order valence-electron chi connectivity index (χ4n) is 10.9. The van der Waals surface area contributed by atoms with Gasteiger partial charge >= 0.3 is 12.1 Å². The lowest BCUT2D eigenvalue weighted by atomic mass is 9.85. The van der Waals surface area contributed by atoms with E-state index in [1.165, 1.54) is 64.5 Å². The Morgan fingerprint density at radius 1 is 0.510 bits per heavy atom. The van der Waals surface area contributed by atoms with Crippen LogP contribution >= 0.6 is 0 Å². The Hall–Kier alpha value is -3.88. The molecule has 3 aromatic rings. The van der Waals surface area contributed by atoms with E-state index >= 15 is 0 Å². The molecule has 0 spiro atoms. The molecule has 4 fully saturated rings. The summed E-state index contributed by atoms with van der Waals surface area (Å²) in [6, 6.07) is 28.6. The molecule has 0 unspecified atom stereocenters. The lowest BCUT2D eigenvalue weighted by Gasteiger charge is -2.33. The van der Waals surface area contributed by atoms with Crippen molar-refractivity contribution in [3.05, 3.63) is 101 Å². The van der Waals surface area contributed by atoms with Gasteiger partial charge in [-0.25, -0.2) is 9.59 Å². The Balaban J connectivity index is 0.656. The molecule has 6 aliphatic rings. The summed E-state index contributed by atoms with van der Waals surface area (Å²) in [5.74, 6) is 1.42. The van der Waals surface area contributed by atoms with Crippen molar-refractivity contribution in [2.24, 2.45) is 11.8 Å². The average molecular weight is 687 g/mol. The number of nitrogens with one attached hydrogen (secondary N) is 4. The van der Waals surface area contributed by atoms with Gasteiger partial charge in [-0.15, -0.1) is 0 Å². The summed E-state index contributed by atoms with van der Waals surface area (Å²) in [6.07, 6.45) is 14.0. The lowest BCUT2D eigenvalue weighted by Crippen LogP contribution is -2.44. The second-order valence-electron chi connectivity index (χ2n) is 16.4. The second kappa shape index (κ2) is 14.3. The van der Waals surface area contributed by atoms with Crippen LogP contribution in [-0.4, -0.2) is 47.0 Å². The van der Waals surface area contributed by atoms with Crippen LogP contribution in [0.3, 0.4) is 0 Å². The number of carbonyl (C=O) groups is 2. The van der Waals surface area contributed by atoms with Gasteiger partial charge in [-0.1, -0.05) is 60.7 Å². The maximum atomic E-state index is 12.8. The van der Waals surface area contributed by atoms with E-state index in [9.17, 15) is 9.59 Å². The summed E-state index contributed by atoms with van der Waals surface area (Å²) in [6.45, 7) is 2.83. The van der Waals surface area contributed by atoms with Crippen LogP contribution < -0.4 is 21.3 Å². The fraction of sp³-hybridized carbons (Fsp3) is 0.535. The summed E-state index contributed by atoms with van der Waals surface area (Å²) in [7, 11) is 0. The summed E-state index contributed by atoms with van der Waals surface area (Å²) in [5.41, 5.74) is 8.02. The minimum absolute atomic E-state index is 0.0966. The Labute approximate surface area is 303 Å². The van der Waals surface area contributed by atoms with E-state index in [2.05, 4.69) is 79.6 Å². The zero-order valence-electron chi connectivity index (χ0n) is 29.9. The Bertz CT molecular complexity index is 1650. The van der Waals surface area contributed by atoms with Gasteiger partial charge in [0.05, 0.1) is 0 Å². The smallest absolute Gasteiger partial charge is 0.319 e. The first kappa shape index (κ1) is 33.0. The fourth-order valence-corrected chi connectivity index (χ4v) is 10.9. The standard InChI is InChI=1S/C43H54N6O2/c50-42(45-31-17-11-29(12-18-31)26-48-38-21-22-39(48)35-6-2-1-5-34(35)38)44-25-28-9-15-32(16-10-28)46-43(51)47-33-19-13-30(14-20-33)27-49-40-23-24-41(49)37-8-4-3-7-36(37)40/h1-10,15-16,29-31,33,38-41H,11-14,17-27H2,(H2,44,45,50)(H2,46,47,51)/t29?,30?,31?,33?,38-,39+,40-,41+. The molecular weight excluding hydrogens is 633 g/mol. The molecule has 2 aliphatic carbocycles. The topological polar surface area (TPSA) is 88.7 Å². The van der Waals surface area contributed by atoms with E-state index < -0.39 is 0 Å². The van der Waals surface area contributed by atoms with Crippen LogP contribution in [0.1, 0.15) is 129 Å². The molecule has 4 heterocycles. The van der Waals surface area contributed by atoms with Crippen molar-refractivity contribution in [3.63, 3.8) is 0 Å². The minimum Gasteiger partial charge on any atom is -0.335 e. The third kappa shape index (κ3) is 6.77. The van der Waals surface area contributed by atoms with Crippen molar-refractivity contribution < 1.29 is 9.59 Å². The second-order valence-corrected chi connectivity index (χ2v) is 16.4. The van der Waals surface area contributed by atoms with E-state index in [1.54, 1.807) is 22.3 Å². The van der Waals surface area contributed by atoms with Crippen molar-refractivity contribution in [1.82, 2.24) is 25.8 Å². The summed E-state index contributed by atoms with van der Waals surface area (Å²) in [4.78, 5) is 31.1. The number of rotatable bonds is 9. The highest BCUT2D eigenvalue weighted by atomic mass is 16.2. The number of carbonyl (C=O) groups excluding carboxylic acids is 2. The van der Waals surface area contributed by atoms with Gasteiger partial charge in [-0.3, -0.25) is 9.80 Å². The monoisotopic (exact) mass is 686 g/mol. The Morgan fingerprint density at radius 3 is 1.35 bits per heavy atom. The molecule has 0 aromatic heterocycles. The van der Waals surface area contributed by atoms with E-state index in [1.807, 2.05) is 24.3 Å². The van der Waals surface area contributed by atoms with Gasteiger partial charge in [-0.05, 0) is 129 Å². The molecule has 4 atom stereocenters. The van der Waals surface area contributed by atoms with Crippen LogP contribution in [-0.2, 0) is 6.54 Å². The molecule has 8 nitrogen and oxygen atoms in total. The zero-order chi connectivity index (χ0) is 34.3. The van der Waals surface area contributed by atoms with Gasteiger partial charge in [0.25, 0.3) is 0 Å². The number of amides is 4. The largest absolute Gasteiger partial charge is 0.335 e. The van der Waals surface area contributed by atoms with Crippen molar-refractivity contribution >= 4 is 17.7 Å². The van der Waals surface area contributed by atoms with Gasteiger partial charge in [0.1, 0.15) is 0 Å². The quantitative estimate of drug-likeness (QED) is 0.182. The molecule has 2 saturated heterocycles. The third-order valence-electron chi connectivity index (χ3n) is 13.4. The molecule has 268 valence electrons. The molecule has 8 heteroatoms. The highest BCUT2D eigenvalue weighted by molar-refractivity contribution is 5.89. The van der Waals surface area contributed by atoms with E-state index in [4.69, 9.17) is 0 Å². The van der Waals surface area contributed by atoms with Crippen molar-refractivity contribution in [2.75, 3.05) is 18.4 Å². The molecule has 3 aromatic carbocycles. The Morgan fingerprint density at radius 2 is 0.922 bits per heavy atom. The summed E-state index contributed by atoms with van der Waals surface area (Å²) >= 11 is 0. The predicted octanol–water partition coefficient (Wildman–Crippen LogP) is 8.51. The maximum absolute atomic E-state index is 12.8. The molecule has 4 aliphatic heterocycles. The number of hydrogen-bond donors (Lipinski definition) is 4. The van der Waals surface area contributed by atoms with E-state index in [0.29, 0.717) is 42.5 Å². The summed E-state index contributed by atoms with van der Waals surface area (Å²) in [5, 5.41) is 12.5. The number of urea groups is 2. The third-order valence-corrected chi connectivity index (χ3v) is 13.4. The molecule has 2 saturated carbocycles.